The summed E-state index contributed by atoms with van der Waals surface area (Å²) >= 11 is 0. The Kier molecular flexibility index (Phi) is 4.70. The summed E-state index contributed by atoms with van der Waals surface area (Å²) in [5, 5.41) is 3.62. The highest BCUT2D eigenvalue weighted by molar-refractivity contribution is 5.53. The van der Waals surface area contributed by atoms with Crippen molar-refractivity contribution in [3.05, 3.63) is 23.3 Å². The van der Waals surface area contributed by atoms with E-state index in [1.54, 1.807) is 7.11 Å². The lowest BCUT2D eigenvalue weighted by molar-refractivity contribution is 0.173. The zero-order valence-electron chi connectivity index (χ0n) is 12.5. The van der Waals surface area contributed by atoms with E-state index in [-0.39, 0.29) is 6.10 Å². The largest absolute Gasteiger partial charge is 0.493 e. The van der Waals surface area contributed by atoms with Crippen molar-refractivity contribution < 1.29 is 9.47 Å². The molecule has 0 aliphatic carbocycles. The molecule has 0 radical (unpaired) electrons. The molecule has 1 aliphatic rings. The van der Waals surface area contributed by atoms with Gasteiger partial charge in [0.05, 0.1) is 13.2 Å². The number of nitrogens with one attached hydrogen (secondary N) is 1. The number of methoxy groups -OCH3 is 1. The van der Waals surface area contributed by atoms with Crippen LogP contribution >= 0.6 is 0 Å². The summed E-state index contributed by atoms with van der Waals surface area (Å²) in [6, 6.07) is 4.56. The first-order valence-electron chi connectivity index (χ1n) is 7.29. The van der Waals surface area contributed by atoms with Gasteiger partial charge in [-0.25, -0.2) is 0 Å². The predicted octanol–water partition coefficient (Wildman–Crippen LogP) is 3.61. The Balaban J connectivity index is 2.33. The van der Waals surface area contributed by atoms with Crippen LogP contribution in [0.1, 0.15) is 50.3 Å². The van der Waals surface area contributed by atoms with Gasteiger partial charge in [-0.3, -0.25) is 0 Å². The molecule has 2 atom stereocenters. The lowest BCUT2D eigenvalue weighted by atomic mass is 9.98. The molecule has 1 aliphatic heterocycles. The molecule has 3 heteroatoms. The molecule has 0 spiro atoms. The summed E-state index contributed by atoms with van der Waals surface area (Å²) in [4.78, 5) is 0. The van der Waals surface area contributed by atoms with Crippen LogP contribution in [-0.4, -0.2) is 19.8 Å². The van der Waals surface area contributed by atoms with Gasteiger partial charge in [0, 0.05) is 5.56 Å². The average molecular weight is 263 g/mol. The van der Waals surface area contributed by atoms with Gasteiger partial charge < -0.3 is 14.8 Å². The van der Waals surface area contributed by atoms with Gasteiger partial charge >= 0.3 is 0 Å². The van der Waals surface area contributed by atoms with Crippen molar-refractivity contribution in [2.24, 2.45) is 0 Å². The van der Waals surface area contributed by atoms with Gasteiger partial charge in [-0.2, -0.15) is 0 Å². The molecule has 1 heterocycles. The molecule has 2 unspecified atom stereocenters. The lowest BCUT2D eigenvalue weighted by Crippen LogP contribution is -2.31. The molecule has 1 aromatic carbocycles. The number of benzene rings is 1. The molecule has 0 fully saturated rings. The van der Waals surface area contributed by atoms with Crippen LogP contribution in [0, 0.1) is 6.92 Å². The predicted molar refractivity (Wildman–Crippen MR) is 78.1 cm³/mol. The summed E-state index contributed by atoms with van der Waals surface area (Å²) in [5.74, 6) is 1.79. The molecular formula is C16H25NO2. The highest BCUT2D eigenvalue weighted by Gasteiger charge is 2.35. The van der Waals surface area contributed by atoms with E-state index in [9.17, 15) is 0 Å². The fraction of sp³-hybridized carbons (Fsp3) is 0.625. The summed E-state index contributed by atoms with van der Waals surface area (Å²) in [5.41, 5.74) is 2.48. The number of hydrogen-bond acceptors (Lipinski definition) is 3. The smallest absolute Gasteiger partial charge is 0.166 e. The van der Waals surface area contributed by atoms with Gasteiger partial charge in [0.2, 0.25) is 0 Å². The maximum Gasteiger partial charge on any atom is 0.166 e. The first-order chi connectivity index (χ1) is 9.21. The molecule has 0 saturated carbocycles. The van der Waals surface area contributed by atoms with Crippen molar-refractivity contribution in [2.45, 2.75) is 52.2 Å². The monoisotopic (exact) mass is 263 g/mol. The molecule has 0 saturated heterocycles. The number of ether oxygens (including phenoxy) is 2. The van der Waals surface area contributed by atoms with Gasteiger partial charge in [-0.05, 0) is 37.9 Å². The lowest BCUT2D eigenvalue weighted by Gasteiger charge is -2.19. The van der Waals surface area contributed by atoms with E-state index < -0.39 is 0 Å². The SMILES string of the molecule is CCCNC1c2cc(C)cc(OC)c2OC1CCC. The van der Waals surface area contributed by atoms with Crippen LogP contribution in [0.15, 0.2) is 12.1 Å². The van der Waals surface area contributed by atoms with Gasteiger partial charge in [-0.1, -0.05) is 26.3 Å². The third-order valence-corrected chi connectivity index (χ3v) is 3.61. The first-order valence-corrected chi connectivity index (χ1v) is 7.29. The van der Waals surface area contributed by atoms with Crippen LogP contribution in [0.5, 0.6) is 11.5 Å². The fourth-order valence-electron chi connectivity index (χ4n) is 2.75. The van der Waals surface area contributed by atoms with Crippen LogP contribution < -0.4 is 14.8 Å². The zero-order valence-corrected chi connectivity index (χ0v) is 12.5. The molecule has 1 aromatic rings. The normalized spacial score (nSPS) is 21.1. The highest BCUT2D eigenvalue weighted by Crippen LogP contribution is 2.45. The standard InChI is InChI=1S/C16H25NO2/c1-5-7-13-15(17-8-6-2)12-9-11(3)10-14(18-4)16(12)19-13/h9-10,13,15,17H,5-8H2,1-4H3. The Morgan fingerprint density at radius 3 is 2.68 bits per heavy atom. The molecule has 1 N–H and O–H groups in total. The van der Waals surface area contributed by atoms with E-state index in [1.165, 1.54) is 11.1 Å². The Morgan fingerprint density at radius 1 is 1.26 bits per heavy atom. The number of hydrogen-bond donors (Lipinski definition) is 1. The van der Waals surface area contributed by atoms with Crippen LogP contribution in [-0.2, 0) is 0 Å². The molecule has 3 nitrogen and oxygen atoms in total. The van der Waals surface area contributed by atoms with E-state index >= 15 is 0 Å². The van der Waals surface area contributed by atoms with Crippen molar-refractivity contribution in [3.8, 4) is 11.5 Å². The third-order valence-electron chi connectivity index (χ3n) is 3.61. The van der Waals surface area contributed by atoms with Gasteiger partial charge in [0.25, 0.3) is 0 Å². The summed E-state index contributed by atoms with van der Waals surface area (Å²) in [6.45, 7) is 7.51. The molecule has 106 valence electrons. The van der Waals surface area contributed by atoms with Crippen molar-refractivity contribution in [1.29, 1.82) is 0 Å². The van der Waals surface area contributed by atoms with E-state index in [0.717, 1.165) is 37.3 Å². The molecule has 2 rings (SSSR count). The van der Waals surface area contributed by atoms with Crippen molar-refractivity contribution in [3.63, 3.8) is 0 Å². The average Bonchev–Trinajstić information content (AvgIpc) is 2.73. The summed E-state index contributed by atoms with van der Waals surface area (Å²) in [7, 11) is 1.71. The molecule has 0 aromatic heterocycles. The van der Waals surface area contributed by atoms with E-state index in [1.807, 2.05) is 6.07 Å². The molecule has 0 bridgehead atoms. The topological polar surface area (TPSA) is 30.5 Å². The van der Waals surface area contributed by atoms with E-state index in [4.69, 9.17) is 9.47 Å². The van der Waals surface area contributed by atoms with E-state index in [2.05, 4.69) is 32.2 Å². The van der Waals surface area contributed by atoms with Crippen LogP contribution in [0.25, 0.3) is 0 Å². The van der Waals surface area contributed by atoms with Crippen molar-refractivity contribution in [1.82, 2.24) is 5.32 Å². The minimum Gasteiger partial charge on any atom is -0.493 e. The number of aryl methyl sites for hydroxylation is 1. The molecule has 19 heavy (non-hydrogen) atoms. The summed E-state index contributed by atoms with van der Waals surface area (Å²) < 4.78 is 11.6. The Morgan fingerprint density at radius 2 is 2.05 bits per heavy atom. The second-order valence-corrected chi connectivity index (χ2v) is 5.26. The first kappa shape index (κ1) is 14.2. The van der Waals surface area contributed by atoms with Gasteiger partial charge in [-0.15, -0.1) is 0 Å². The second kappa shape index (κ2) is 6.29. The van der Waals surface area contributed by atoms with Gasteiger partial charge in [0.1, 0.15) is 6.10 Å². The van der Waals surface area contributed by atoms with E-state index in [0.29, 0.717) is 6.04 Å². The maximum atomic E-state index is 6.15. The van der Waals surface area contributed by atoms with Crippen LogP contribution in [0.3, 0.4) is 0 Å². The zero-order chi connectivity index (χ0) is 13.8. The van der Waals surface area contributed by atoms with Crippen LogP contribution in [0.4, 0.5) is 0 Å². The molecular weight excluding hydrogens is 238 g/mol. The quantitative estimate of drug-likeness (QED) is 0.850. The fourth-order valence-corrected chi connectivity index (χ4v) is 2.75. The number of rotatable bonds is 6. The van der Waals surface area contributed by atoms with Crippen LogP contribution in [0.2, 0.25) is 0 Å². The van der Waals surface area contributed by atoms with Crippen molar-refractivity contribution in [2.75, 3.05) is 13.7 Å². The maximum absolute atomic E-state index is 6.15. The highest BCUT2D eigenvalue weighted by atomic mass is 16.5. The minimum atomic E-state index is 0.224. The summed E-state index contributed by atoms with van der Waals surface area (Å²) in [6.07, 6.45) is 3.55. The van der Waals surface area contributed by atoms with Crippen molar-refractivity contribution >= 4 is 0 Å². The third kappa shape index (κ3) is 2.86. The second-order valence-electron chi connectivity index (χ2n) is 5.26. The Labute approximate surface area is 116 Å². The van der Waals surface area contributed by atoms with Gasteiger partial charge in [0.15, 0.2) is 11.5 Å². The minimum absolute atomic E-state index is 0.224. The number of fused-ring (bicyclic) bond motifs is 1. The Hall–Kier alpha value is -1.22. The molecule has 0 amide bonds. The Bertz CT molecular complexity index is 431.